The van der Waals surface area contributed by atoms with Gasteiger partial charge in [0.25, 0.3) is 5.91 Å². The Bertz CT molecular complexity index is 521. The molecule has 0 heterocycles. The maximum absolute atomic E-state index is 12.2. The second-order valence-electron chi connectivity index (χ2n) is 5.24. The summed E-state index contributed by atoms with van der Waals surface area (Å²) in [6.07, 6.45) is 2.26. The minimum Gasteiger partial charge on any atom is -0.493 e. The van der Waals surface area contributed by atoms with Crippen LogP contribution in [-0.4, -0.2) is 37.9 Å². The summed E-state index contributed by atoms with van der Waals surface area (Å²) in [5.41, 5.74) is 0.427. The average molecular weight is 314 g/mol. The van der Waals surface area contributed by atoms with E-state index in [0.717, 1.165) is 19.3 Å². The second-order valence-corrected chi connectivity index (χ2v) is 5.64. The molecule has 2 rings (SSSR count). The largest absolute Gasteiger partial charge is 0.493 e. The van der Waals surface area contributed by atoms with Crippen molar-refractivity contribution < 1.29 is 19.4 Å². The first-order chi connectivity index (χ1) is 10.0. The van der Waals surface area contributed by atoms with Crippen molar-refractivity contribution in [1.29, 1.82) is 0 Å². The van der Waals surface area contributed by atoms with Gasteiger partial charge in [-0.3, -0.25) is 4.79 Å². The number of methoxy groups -OCH3 is 2. The van der Waals surface area contributed by atoms with Crippen LogP contribution in [0.2, 0.25) is 5.02 Å². The predicted molar refractivity (Wildman–Crippen MR) is 80.2 cm³/mol. The minimum atomic E-state index is -0.234. The summed E-state index contributed by atoms with van der Waals surface area (Å²) < 4.78 is 10.3. The van der Waals surface area contributed by atoms with E-state index in [9.17, 15) is 9.90 Å². The van der Waals surface area contributed by atoms with E-state index in [4.69, 9.17) is 21.1 Å². The molecule has 0 aliphatic heterocycles. The van der Waals surface area contributed by atoms with Gasteiger partial charge in [0.15, 0.2) is 11.5 Å². The van der Waals surface area contributed by atoms with Gasteiger partial charge < -0.3 is 19.9 Å². The zero-order chi connectivity index (χ0) is 15.4. The van der Waals surface area contributed by atoms with Crippen molar-refractivity contribution >= 4 is 17.5 Å². The Morgan fingerprint density at radius 1 is 1.38 bits per heavy atom. The molecule has 2 atom stereocenters. The molecule has 2 unspecified atom stereocenters. The summed E-state index contributed by atoms with van der Waals surface area (Å²) >= 11 is 6.09. The van der Waals surface area contributed by atoms with Gasteiger partial charge in [-0.1, -0.05) is 11.6 Å². The van der Waals surface area contributed by atoms with Crippen molar-refractivity contribution in [2.75, 3.05) is 20.8 Å². The number of hydrogen-bond donors (Lipinski definition) is 2. The van der Waals surface area contributed by atoms with Crippen LogP contribution in [0.25, 0.3) is 0 Å². The molecule has 1 aromatic carbocycles. The molecule has 1 aliphatic carbocycles. The number of aliphatic hydroxyl groups excluding tert-OH is 1. The SMILES string of the molecule is COc1cc(C(=O)NCC2CCC(O)C2)cc(Cl)c1OC. The molecule has 0 aromatic heterocycles. The van der Waals surface area contributed by atoms with Crippen LogP contribution in [0, 0.1) is 5.92 Å². The molecule has 1 fully saturated rings. The maximum atomic E-state index is 12.2. The zero-order valence-electron chi connectivity index (χ0n) is 12.2. The van der Waals surface area contributed by atoms with Crippen molar-refractivity contribution in [3.8, 4) is 11.5 Å². The fourth-order valence-electron chi connectivity index (χ4n) is 2.62. The number of carbonyl (C=O) groups excluding carboxylic acids is 1. The Labute approximate surface area is 129 Å². The number of amides is 1. The number of hydrogen-bond acceptors (Lipinski definition) is 4. The lowest BCUT2D eigenvalue weighted by Gasteiger charge is -2.13. The molecule has 1 aromatic rings. The summed E-state index contributed by atoms with van der Waals surface area (Å²) in [6, 6.07) is 3.16. The molecule has 0 saturated heterocycles. The van der Waals surface area contributed by atoms with E-state index in [-0.39, 0.29) is 12.0 Å². The molecule has 21 heavy (non-hydrogen) atoms. The first-order valence-corrected chi connectivity index (χ1v) is 7.30. The van der Waals surface area contributed by atoms with Gasteiger partial charge in [0.1, 0.15) is 0 Å². The Hall–Kier alpha value is -1.46. The van der Waals surface area contributed by atoms with Crippen LogP contribution in [0.3, 0.4) is 0 Å². The number of nitrogens with one attached hydrogen (secondary N) is 1. The van der Waals surface area contributed by atoms with Crippen molar-refractivity contribution in [3.05, 3.63) is 22.7 Å². The summed E-state index contributed by atoms with van der Waals surface area (Å²) in [5, 5.41) is 12.7. The second kappa shape index (κ2) is 7.00. The van der Waals surface area contributed by atoms with E-state index < -0.39 is 0 Å². The monoisotopic (exact) mass is 313 g/mol. The molecule has 0 spiro atoms. The molecule has 0 radical (unpaired) electrons. The van der Waals surface area contributed by atoms with Crippen LogP contribution >= 0.6 is 11.6 Å². The molecule has 1 amide bonds. The van der Waals surface area contributed by atoms with Gasteiger partial charge in [0, 0.05) is 12.1 Å². The first-order valence-electron chi connectivity index (χ1n) is 6.93. The molecular weight excluding hydrogens is 294 g/mol. The predicted octanol–water partition coefficient (Wildman–Crippen LogP) is 2.25. The Morgan fingerprint density at radius 3 is 2.71 bits per heavy atom. The Morgan fingerprint density at radius 2 is 2.14 bits per heavy atom. The summed E-state index contributed by atoms with van der Waals surface area (Å²) in [4.78, 5) is 12.2. The lowest BCUT2D eigenvalue weighted by atomic mass is 10.1. The van der Waals surface area contributed by atoms with E-state index in [1.54, 1.807) is 12.1 Å². The van der Waals surface area contributed by atoms with E-state index in [1.165, 1.54) is 14.2 Å². The smallest absolute Gasteiger partial charge is 0.251 e. The van der Waals surface area contributed by atoms with Crippen LogP contribution < -0.4 is 14.8 Å². The number of ether oxygens (including phenoxy) is 2. The highest BCUT2D eigenvalue weighted by Crippen LogP contribution is 2.36. The minimum absolute atomic E-state index is 0.209. The van der Waals surface area contributed by atoms with Gasteiger partial charge in [0.05, 0.1) is 25.3 Å². The van der Waals surface area contributed by atoms with Crippen LogP contribution in [-0.2, 0) is 0 Å². The van der Waals surface area contributed by atoms with E-state index >= 15 is 0 Å². The fraction of sp³-hybridized carbons (Fsp3) is 0.533. The lowest BCUT2D eigenvalue weighted by Crippen LogP contribution is -2.28. The highest BCUT2D eigenvalue weighted by Gasteiger charge is 2.23. The molecule has 1 aliphatic rings. The third-order valence-electron chi connectivity index (χ3n) is 3.76. The molecule has 116 valence electrons. The van der Waals surface area contributed by atoms with Gasteiger partial charge in [0.2, 0.25) is 0 Å². The number of rotatable bonds is 5. The summed E-state index contributed by atoms with van der Waals surface area (Å²) in [5.74, 6) is 0.958. The third kappa shape index (κ3) is 3.80. The lowest BCUT2D eigenvalue weighted by molar-refractivity contribution is 0.0944. The van der Waals surface area contributed by atoms with Gasteiger partial charge in [-0.25, -0.2) is 0 Å². The highest BCUT2D eigenvalue weighted by atomic mass is 35.5. The molecule has 5 nitrogen and oxygen atoms in total. The fourth-order valence-corrected chi connectivity index (χ4v) is 2.91. The quantitative estimate of drug-likeness (QED) is 0.875. The Kier molecular flexibility index (Phi) is 5.31. The van der Waals surface area contributed by atoms with E-state index in [2.05, 4.69) is 5.32 Å². The Balaban J connectivity index is 2.03. The maximum Gasteiger partial charge on any atom is 0.251 e. The number of halogens is 1. The first kappa shape index (κ1) is 15.9. The van der Waals surface area contributed by atoms with Gasteiger partial charge in [-0.05, 0) is 37.3 Å². The molecule has 0 bridgehead atoms. The third-order valence-corrected chi connectivity index (χ3v) is 4.04. The van der Waals surface area contributed by atoms with Crippen molar-refractivity contribution in [1.82, 2.24) is 5.32 Å². The van der Waals surface area contributed by atoms with E-state index in [0.29, 0.717) is 34.5 Å². The molecular formula is C15H20ClNO4. The van der Waals surface area contributed by atoms with Crippen LogP contribution in [0.1, 0.15) is 29.6 Å². The van der Waals surface area contributed by atoms with E-state index in [1.807, 2.05) is 0 Å². The summed E-state index contributed by atoms with van der Waals surface area (Å²) in [7, 11) is 2.99. The van der Waals surface area contributed by atoms with Crippen molar-refractivity contribution in [2.45, 2.75) is 25.4 Å². The highest BCUT2D eigenvalue weighted by molar-refractivity contribution is 6.32. The topological polar surface area (TPSA) is 67.8 Å². The van der Waals surface area contributed by atoms with Gasteiger partial charge in [-0.2, -0.15) is 0 Å². The zero-order valence-corrected chi connectivity index (χ0v) is 12.9. The molecule has 2 N–H and O–H groups in total. The molecule has 6 heteroatoms. The van der Waals surface area contributed by atoms with Crippen molar-refractivity contribution in [3.63, 3.8) is 0 Å². The van der Waals surface area contributed by atoms with Gasteiger partial charge >= 0.3 is 0 Å². The normalized spacial score (nSPS) is 21.1. The average Bonchev–Trinajstić information content (AvgIpc) is 2.89. The van der Waals surface area contributed by atoms with Crippen LogP contribution in [0.4, 0.5) is 0 Å². The summed E-state index contributed by atoms with van der Waals surface area (Å²) in [6.45, 7) is 0.557. The van der Waals surface area contributed by atoms with Gasteiger partial charge in [-0.15, -0.1) is 0 Å². The number of carbonyl (C=O) groups is 1. The molecule has 1 saturated carbocycles. The number of aliphatic hydroxyl groups is 1. The number of benzene rings is 1. The van der Waals surface area contributed by atoms with Crippen molar-refractivity contribution in [2.24, 2.45) is 5.92 Å². The standard InChI is InChI=1S/C15H20ClNO4/c1-20-13-7-10(6-12(16)14(13)21-2)15(19)17-8-9-3-4-11(18)5-9/h6-7,9,11,18H,3-5,8H2,1-2H3,(H,17,19). The van der Waals surface area contributed by atoms with Crippen LogP contribution in [0.5, 0.6) is 11.5 Å². The van der Waals surface area contributed by atoms with Crippen LogP contribution in [0.15, 0.2) is 12.1 Å².